The zero-order valence-corrected chi connectivity index (χ0v) is 12.1. The number of ether oxygens (including phenoxy) is 1. The van der Waals surface area contributed by atoms with Gasteiger partial charge in [-0.05, 0) is 24.6 Å². The van der Waals surface area contributed by atoms with Crippen LogP contribution >= 0.6 is 22.9 Å². The highest BCUT2D eigenvalue weighted by Crippen LogP contribution is 2.27. The molecule has 0 fully saturated rings. The van der Waals surface area contributed by atoms with E-state index in [1.165, 1.54) is 11.3 Å². The van der Waals surface area contributed by atoms with E-state index in [9.17, 15) is 4.79 Å². The second-order valence-corrected chi connectivity index (χ2v) is 5.28. The number of carbonyl (C=O) groups excluding carboxylic acids is 1. The second kappa shape index (κ2) is 6.04. The quantitative estimate of drug-likeness (QED) is 0.942. The Balaban J connectivity index is 2.14. The van der Waals surface area contributed by atoms with Gasteiger partial charge in [-0.15, -0.1) is 11.3 Å². The number of anilines is 1. The van der Waals surface area contributed by atoms with Gasteiger partial charge < -0.3 is 10.1 Å². The average Bonchev–Trinajstić information content (AvgIpc) is 2.86. The minimum absolute atomic E-state index is 0.145. The molecule has 19 heavy (non-hydrogen) atoms. The van der Waals surface area contributed by atoms with E-state index in [0.29, 0.717) is 15.9 Å². The molecule has 0 bridgehead atoms. The van der Waals surface area contributed by atoms with Crippen LogP contribution in [0.25, 0.3) is 0 Å². The van der Waals surface area contributed by atoms with Gasteiger partial charge >= 0.3 is 0 Å². The summed E-state index contributed by atoms with van der Waals surface area (Å²) in [6, 6.07) is 3.59. The minimum atomic E-state index is -0.145. The SMILES string of the molecule is COc1cc(C)c(Cl)cc1CC(=O)Nc1nccs1. The summed E-state index contributed by atoms with van der Waals surface area (Å²) in [6.45, 7) is 1.89. The maximum atomic E-state index is 11.9. The number of hydrogen-bond acceptors (Lipinski definition) is 4. The van der Waals surface area contributed by atoms with Crippen molar-refractivity contribution in [1.82, 2.24) is 4.98 Å². The molecule has 0 saturated carbocycles. The number of carbonyl (C=O) groups is 1. The Labute approximate surface area is 120 Å². The normalized spacial score (nSPS) is 10.3. The molecule has 1 aromatic carbocycles. The third kappa shape index (κ3) is 3.45. The molecule has 1 aromatic heterocycles. The van der Waals surface area contributed by atoms with Crippen molar-refractivity contribution in [2.75, 3.05) is 12.4 Å². The Hall–Kier alpha value is -1.59. The number of benzene rings is 1. The van der Waals surface area contributed by atoms with Crippen LogP contribution in [-0.4, -0.2) is 18.0 Å². The van der Waals surface area contributed by atoms with Gasteiger partial charge in [0.1, 0.15) is 5.75 Å². The van der Waals surface area contributed by atoms with Gasteiger partial charge in [0, 0.05) is 22.2 Å². The number of methoxy groups -OCH3 is 1. The summed E-state index contributed by atoms with van der Waals surface area (Å²) in [4.78, 5) is 15.9. The van der Waals surface area contributed by atoms with E-state index < -0.39 is 0 Å². The summed E-state index contributed by atoms with van der Waals surface area (Å²) >= 11 is 7.45. The Morgan fingerprint density at radius 2 is 2.32 bits per heavy atom. The maximum absolute atomic E-state index is 11.9. The number of aromatic nitrogens is 1. The summed E-state index contributed by atoms with van der Waals surface area (Å²) in [7, 11) is 1.57. The van der Waals surface area contributed by atoms with E-state index >= 15 is 0 Å². The van der Waals surface area contributed by atoms with Gasteiger partial charge in [0.2, 0.25) is 5.91 Å². The van der Waals surface area contributed by atoms with E-state index in [0.717, 1.165) is 11.1 Å². The minimum Gasteiger partial charge on any atom is -0.496 e. The van der Waals surface area contributed by atoms with E-state index in [4.69, 9.17) is 16.3 Å². The van der Waals surface area contributed by atoms with Crippen LogP contribution in [0.3, 0.4) is 0 Å². The second-order valence-electron chi connectivity index (χ2n) is 3.98. The highest BCUT2D eigenvalue weighted by molar-refractivity contribution is 7.13. The van der Waals surface area contributed by atoms with Crippen molar-refractivity contribution in [2.45, 2.75) is 13.3 Å². The zero-order valence-electron chi connectivity index (χ0n) is 10.6. The van der Waals surface area contributed by atoms with E-state index in [-0.39, 0.29) is 12.3 Å². The van der Waals surface area contributed by atoms with Crippen LogP contribution in [0.4, 0.5) is 5.13 Å². The molecule has 0 unspecified atom stereocenters. The number of nitrogens with zero attached hydrogens (tertiary/aromatic N) is 1. The molecule has 0 radical (unpaired) electrons. The fourth-order valence-corrected chi connectivity index (χ4v) is 2.38. The van der Waals surface area contributed by atoms with E-state index in [1.54, 1.807) is 24.8 Å². The fourth-order valence-electron chi connectivity index (χ4n) is 1.65. The molecule has 0 atom stereocenters. The molecule has 1 heterocycles. The third-order valence-electron chi connectivity index (χ3n) is 2.59. The summed E-state index contributed by atoms with van der Waals surface area (Å²) in [5.74, 6) is 0.518. The summed E-state index contributed by atoms with van der Waals surface area (Å²) < 4.78 is 5.27. The molecule has 2 aromatic rings. The van der Waals surface area contributed by atoms with Crippen LogP contribution in [0.5, 0.6) is 5.75 Å². The molecule has 2 rings (SSSR count). The third-order valence-corrected chi connectivity index (χ3v) is 3.69. The molecular formula is C13H13ClN2O2S. The number of halogens is 1. The molecule has 1 amide bonds. The van der Waals surface area contributed by atoms with Gasteiger partial charge in [-0.2, -0.15) is 0 Å². The number of hydrogen-bond donors (Lipinski definition) is 1. The lowest BCUT2D eigenvalue weighted by atomic mass is 10.1. The maximum Gasteiger partial charge on any atom is 0.230 e. The van der Waals surface area contributed by atoms with Gasteiger partial charge in [-0.3, -0.25) is 4.79 Å². The van der Waals surface area contributed by atoms with Crippen LogP contribution in [0, 0.1) is 6.92 Å². The smallest absolute Gasteiger partial charge is 0.230 e. The van der Waals surface area contributed by atoms with Gasteiger partial charge in [0.25, 0.3) is 0 Å². The Morgan fingerprint density at radius 1 is 1.53 bits per heavy atom. The van der Waals surface area contributed by atoms with Crippen molar-refractivity contribution in [3.05, 3.63) is 39.9 Å². The topological polar surface area (TPSA) is 51.2 Å². The molecular weight excluding hydrogens is 284 g/mol. The predicted octanol–water partition coefficient (Wildman–Crippen LogP) is 3.29. The lowest BCUT2D eigenvalue weighted by molar-refractivity contribution is -0.115. The molecule has 1 N–H and O–H groups in total. The number of thiazole rings is 1. The molecule has 6 heteroatoms. The van der Waals surface area contributed by atoms with Crippen molar-refractivity contribution < 1.29 is 9.53 Å². The number of amides is 1. The molecule has 4 nitrogen and oxygen atoms in total. The standard InChI is InChI=1S/C13H13ClN2O2S/c1-8-5-11(18-2)9(6-10(8)14)7-12(17)16-13-15-3-4-19-13/h3-6H,7H2,1-2H3,(H,15,16,17). The first-order chi connectivity index (χ1) is 9.10. The van der Waals surface area contributed by atoms with Crippen LogP contribution < -0.4 is 10.1 Å². The molecule has 0 saturated heterocycles. The highest BCUT2D eigenvalue weighted by atomic mass is 35.5. The monoisotopic (exact) mass is 296 g/mol. The van der Waals surface area contributed by atoms with Crippen LogP contribution in [0.2, 0.25) is 5.02 Å². The summed E-state index contributed by atoms with van der Waals surface area (Å²) in [5, 5.41) is 5.74. The Bertz CT molecular complexity index is 585. The first-order valence-electron chi connectivity index (χ1n) is 5.62. The first kappa shape index (κ1) is 13.8. The van der Waals surface area contributed by atoms with Gasteiger partial charge in [0.05, 0.1) is 13.5 Å². The molecule has 0 aliphatic rings. The Kier molecular flexibility index (Phi) is 4.39. The average molecular weight is 297 g/mol. The molecule has 100 valence electrons. The number of nitrogens with one attached hydrogen (secondary N) is 1. The first-order valence-corrected chi connectivity index (χ1v) is 6.88. The van der Waals surface area contributed by atoms with Crippen molar-refractivity contribution in [2.24, 2.45) is 0 Å². The lowest BCUT2D eigenvalue weighted by Crippen LogP contribution is -2.14. The van der Waals surface area contributed by atoms with Crippen LogP contribution in [0.15, 0.2) is 23.7 Å². The zero-order chi connectivity index (χ0) is 13.8. The predicted molar refractivity (Wildman–Crippen MR) is 77.2 cm³/mol. The number of aryl methyl sites for hydroxylation is 1. The molecule has 0 aliphatic heterocycles. The lowest BCUT2D eigenvalue weighted by Gasteiger charge is -2.10. The van der Waals surface area contributed by atoms with Crippen LogP contribution in [0.1, 0.15) is 11.1 Å². The highest BCUT2D eigenvalue weighted by Gasteiger charge is 2.12. The summed E-state index contributed by atoms with van der Waals surface area (Å²) in [6.07, 6.45) is 1.84. The van der Waals surface area contributed by atoms with E-state index in [2.05, 4.69) is 10.3 Å². The van der Waals surface area contributed by atoms with Gasteiger partial charge in [0.15, 0.2) is 5.13 Å². The summed E-state index contributed by atoms with van der Waals surface area (Å²) in [5.41, 5.74) is 1.68. The van der Waals surface area contributed by atoms with Gasteiger partial charge in [-0.25, -0.2) is 4.98 Å². The van der Waals surface area contributed by atoms with E-state index in [1.807, 2.05) is 13.0 Å². The molecule has 0 spiro atoms. The van der Waals surface area contributed by atoms with Crippen molar-refractivity contribution in [3.63, 3.8) is 0 Å². The van der Waals surface area contributed by atoms with Crippen molar-refractivity contribution in [3.8, 4) is 5.75 Å². The fraction of sp³-hybridized carbons (Fsp3) is 0.231. The number of rotatable bonds is 4. The van der Waals surface area contributed by atoms with Crippen molar-refractivity contribution >= 4 is 34.0 Å². The largest absolute Gasteiger partial charge is 0.496 e. The Morgan fingerprint density at radius 3 is 2.95 bits per heavy atom. The van der Waals surface area contributed by atoms with Crippen LogP contribution in [-0.2, 0) is 11.2 Å². The molecule has 0 aliphatic carbocycles. The van der Waals surface area contributed by atoms with Crippen molar-refractivity contribution in [1.29, 1.82) is 0 Å². The van der Waals surface area contributed by atoms with Gasteiger partial charge in [-0.1, -0.05) is 11.6 Å².